The van der Waals surface area contributed by atoms with Gasteiger partial charge in [0.15, 0.2) is 0 Å². The van der Waals surface area contributed by atoms with Gasteiger partial charge in [0.1, 0.15) is 5.75 Å². The van der Waals surface area contributed by atoms with Crippen LogP contribution in [0.15, 0.2) is 12.1 Å². The van der Waals surface area contributed by atoms with Crippen LogP contribution < -0.4 is 4.74 Å². The molecule has 5 heteroatoms. The Bertz CT molecular complexity index is 430. The first-order chi connectivity index (χ1) is 8.56. The third-order valence-corrected chi connectivity index (χ3v) is 5.20. The van der Waals surface area contributed by atoms with Crippen LogP contribution in [-0.2, 0) is 0 Å². The van der Waals surface area contributed by atoms with Crippen LogP contribution in [0.5, 0.6) is 5.75 Å². The minimum Gasteiger partial charge on any atom is -0.491 e. The Balaban J connectivity index is 2.08. The summed E-state index contributed by atoms with van der Waals surface area (Å²) in [5.41, 5.74) is 0.179. The van der Waals surface area contributed by atoms with E-state index < -0.39 is 0 Å². The number of benzene rings is 1. The fourth-order valence-electron chi connectivity index (χ4n) is 2.32. The van der Waals surface area contributed by atoms with Gasteiger partial charge in [-0.2, -0.15) is 12.6 Å². The van der Waals surface area contributed by atoms with Crippen LogP contribution >= 0.6 is 47.4 Å². The zero-order chi connectivity index (χ0) is 13.2. The summed E-state index contributed by atoms with van der Waals surface area (Å²) in [6.45, 7) is 0.633. The van der Waals surface area contributed by atoms with Gasteiger partial charge < -0.3 is 4.74 Å². The van der Waals surface area contributed by atoms with Crippen molar-refractivity contribution in [3.8, 4) is 5.75 Å². The molecule has 0 aliphatic heterocycles. The molecule has 0 N–H and O–H groups in total. The highest BCUT2D eigenvalue weighted by Crippen LogP contribution is 2.41. The van der Waals surface area contributed by atoms with Crippen molar-refractivity contribution in [2.24, 2.45) is 5.41 Å². The highest BCUT2D eigenvalue weighted by molar-refractivity contribution is 7.80. The van der Waals surface area contributed by atoms with Crippen molar-refractivity contribution in [3.63, 3.8) is 0 Å². The maximum Gasteiger partial charge on any atom is 0.139 e. The number of rotatable bonds is 4. The lowest BCUT2D eigenvalue weighted by atomic mass is 9.90. The summed E-state index contributed by atoms with van der Waals surface area (Å²) < 4.78 is 5.83. The molecule has 0 bridgehead atoms. The molecule has 0 heterocycles. The molecule has 2 rings (SSSR count). The minimum absolute atomic E-state index is 0.179. The number of hydrogen-bond acceptors (Lipinski definition) is 2. The number of halogens is 3. The first-order valence-electron chi connectivity index (χ1n) is 5.94. The molecule has 1 fully saturated rings. The molecule has 1 aliphatic rings. The Morgan fingerprint density at radius 2 is 1.67 bits per heavy atom. The second-order valence-corrected chi connectivity index (χ2v) is 6.39. The van der Waals surface area contributed by atoms with Crippen molar-refractivity contribution < 1.29 is 4.74 Å². The Kier molecular flexibility index (Phi) is 4.99. The Morgan fingerprint density at radius 3 is 2.28 bits per heavy atom. The molecule has 0 atom stereocenters. The van der Waals surface area contributed by atoms with E-state index in [4.69, 9.17) is 39.5 Å². The van der Waals surface area contributed by atoms with Gasteiger partial charge in [-0.25, -0.2) is 0 Å². The van der Waals surface area contributed by atoms with Crippen molar-refractivity contribution in [1.29, 1.82) is 0 Å². The van der Waals surface area contributed by atoms with Gasteiger partial charge in [-0.15, -0.1) is 0 Å². The second-order valence-electron chi connectivity index (χ2n) is 4.85. The quantitative estimate of drug-likeness (QED) is 0.567. The van der Waals surface area contributed by atoms with Gasteiger partial charge in [0, 0.05) is 11.5 Å². The maximum atomic E-state index is 6.09. The smallest absolute Gasteiger partial charge is 0.139 e. The fraction of sp³-hybridized carbons (Fsp3) is 0.538. The SMILES string of the molecule is SCC1(COc2cc(Cl)c(Cl)cc2Cl)CCCC1. The summed E-state index contributed by atoms with van der Waals surface area (Å²) >= 11 is 22.4. The van der Waals surface area contributed by atoms with Gasteiger partial charge in [0.25, 0.3) is 0 Å². The molecule has 1 aromatic rings. The molecule has 0 spiro atoms. The highest BCUT2D eigenvalue weighted by atomic mass is 35.5. The third-order valence-electron chi connectivity index (χ3n) is 3.51. The molecular formula is C13H15Cl3OS. The summed E-state index contributed by atoms with van der Waals surface area (Å²) in [6.07, 6.45) is 4.82. The van der Waals surface area contributed by atoms with E-state index in [-0.39, 0.29) is 5.41 Å². The molecule has 1 aliphatic carbocycles. The first-order valence-corrected chi connectivity index (χ1v) is 7.71. The molecule has 0 amide bonds. The van der Waals surface area contributed by atoms with E-state index in [1.54, 1.807) is 12.1 Å². The second kappa shape index (κ2) is 6.13. The lowest BCUT2D eigenvalue weighted by Gasteiger charge is -2.27. The van der Waals surface area contributed by atoms with Crippen LogP contribution in [-0.4, -0.2) is 12.4 Å². The van der Waals surface area contributed by atoms with Gasteiger partial charge in [-0.1, -0.05) is 47.6 Å². The molecule has 18 heavy (non-hydrogen) atoms. The minimum atomic E-state index is 0.179. The molecule has 100 valence electrons. The Hall–Kier alpha value is 0.240. The van der Waals surface area contributed by atoms with E-state index in [1.807, 2.05) is 0 Å². The monoisotopic (exact) mass is 324 g/mol. The normalized spacial score (nSPS) is 18.0. The topological polar surface area (TPSA) is 9.23 Å². The predicted molar refractivity (Wildman–Crippen MR) is 81.7 cm³/mol. The van der Waals surface area contributed by atoms with Crippen LogP contribution in [0.4, 0.5) is 0 Å². The molecule has 0 saturated heterocycles. The number of thiol groups is 1. The van der Waals surface area contributed by atoms with Crippen LogP contribution in [0.25, 0.3) is 0 Å². The average Bonchev–Trinajstić information content (AvgIpc) is 2.82. The molecule has 1 nitrogen and oxygen atoms in total. The number of ether oxygens (including phenoxy) is 1. The van der Waals surface area contributed by atoms with Crippen LogP contribution in [0, 0.1) is 5.41 Å². The van der Waals surface area contributed by atoms with Gasteiger partial charge in [-0.3, -0.25) is 0 Å². The summed E-state index contributed by atoms with van der Waals surface area (Å²) in [6, 6.07) is 3.29. The molecule has 0 radical (unpaired) electrons. The van der Waals surface area contributed by atoms with Crippen molar-refractivity contribution in [3.05, 3.63) is 27.2 Å². The van der Waals surface area contributed by atoms with E-state index in [0.29, 0.717) is 27.4 Å². The molecule has 1 aromatic carbocycles. The average molecular weight is 326 g/mol. The molecular weight excluding hydrogens is 311 g/mol. The summed E-state index contributed by atoms with van der Waals surface area (Å²) in [5.74, 6) is 1.44. The first kappa shape index (κ1) is 14.6. The Morgan fingerprint density at radius 1 is 1.06 bits per heavy atom. The van der Waals surface area contributed by atoms with E-state index in [9.17, 15) is 0 Å². The van der Waals surface area contributed by atoms with Crippen LogP contribution in [0.2, 0.25) is 15.1 Å². The van der Waals surface area contributed by atoms with Gasteiger partial charge in [0.05, 0.1) is 21.7 Å². The zero-order valence-corrected chi connectivity index (χ0v) is 13.0. The van der Waals surface area contributed by atoms with E-state index >= 15 is 0 Å². The molecule has 1 saturated carbocycles. The van der Waals surface area contributed by atoms with Gasteiger partial charge in [-0.05, 0) is 24.7 Å². The molecule has 0 aromatic heterocycles. The van der Waals surface area contributed by atoms with E-state index in [1.165, 1.54) is 12.8 Å². The van der Waals surface area contributed by atoms with Crippen molar-refractivity contribution >= 4 is 47.4 Å². The van der Waals surface area contributed by atoms with E-state index in [2.05, 4.69) is 12.6 Å². The van der Waals surface area contributed by atoms with Crippen LogP contribution in [0.3, 0.4) is 0 Å². The van der Waals surface area contributed by atoms with Crippen molar-refractivity contribution in [2.45, 2.75) is 25.7 Å². The largest absolute Gasteiger partial charge is 0.491 e. The lowest BCUT2D eigenvalue weighted by molar-refractivity contribution is 0.173. The van der Waals surface area contributed by atoms with E-state index in [0.717, 1.165) is 18.6 Å². The highest BCUT2D eigenvalue weighted by Gasteiger charge is 2.33. The van der Waals surface area contributed by atoms with Crippen LogP contribution in [0.1, 0.15) is 25.7 Å². The maximum absolute atomic E-state index is 6.09. The summed E-state index contributed by atoms with van der Waals surface area (Å²) in [7, 11) is 0. The predicted octanol–water partition coefficient (Wildman–Crippen LogP) is 5.52. The third kappa shape index (κ3) is 3.22. The van der Waals surface area contributed by atoms with Gasteiger partial charge in [0.2, 0.25) is 0 Å². The lowest BCUT2D eigenvalue weighted by Crippen LogP contribution is -2.27. The fourth-order valence-corrected chi connectivity index (χ4v) is 3.32. The molecule has 0 unspecified atom stereocenters. The van der Waals surface area contributed by atoms with Crippen molar-refractivity contribution in [1.82, 2.24) is 0 Å². The standard InChI is InChI=1S/C13H15Cl3OS/c14-9-5-11(16)12(6-10(9)15)17-7-13(8-18)3-1-2-4-13/h5-6,18H,1-4,7-8H2. The Labute approximate surface area is 128 Å². The van der Waals surface area contributed by atoms with Crippen molar-refractivity contribution in [2.75, 3.05) is 12.4 Å². The summed E-state index contributed by atoms with van der Waals surface area (Å²) in [5, 5.41) is 1.40. The summed E-state index contributed by atoms with van der Waals surface area (Å²) in [4.78, 5) is 0. The number of hydrogen-bond donors (Lipinski definition) is 1. The zero-order valence-electron chi connectivity index (χ0n) is 9.89. The van der Waals surface area contributed by atoms with Gasteiger partial charge >= 0.3 is 0 Å².